The molecule has 6 heteroatoms. The van der Waals surface area contributed by atoms with Gasteiger partial charge in [-0.05, 0) is 44.3 Å². The number of amides is 1. The topological polar surface area (TPSA) is 58.6 Å². The van der Waals surface area contributed by atoms with Gasteiger partial charge in [0.1, 0.15) is 0 Å². The van der Waals surface area contributed by atoms with Crippen molar-refractivity contribution in [2.45, 2.75) is 25.8 Å². The van der Waals surface area contributed by atoms with Crippen LogP contribution in [0.15, 0.2) is 17.5 Å². The molecular formula is C15H22N2O3S. The number of hydrogen-bond donors (Lipinski definition) is 1. The molecule has 116 valence electrons. The lowest BCUT2D eigenvalue weighted by Gasteiger charge is -2.30. The van der Waals surface area contributed by atoms with Gasteiger partial charge in [0.05, 0.1) is 25.6 Å². The zero-order valence-electron chi connectivity index (χ0n) is 12.5. The molecule has 0 aromatic carbocycles. The summed E-state index contributed by atoms with van der Waals surface area (Å²) in [6.45, 7) is 3.91. The number of thiophene rings is 1. The number of piperidine rings is 1. The number of carbonyl (C=O) groups excluding carboxylic acids is 2. The van der Waals surface area contributed by atoms with Crippen molar-refractivity contribution in [1.82, 2.24) is 10.2 Å². The number of nitrogens with zero attached hydrogens (tertiary/aromatic N) is 1. The SMILES string of the molecule is COC(=O)C1CCN(CC(=O)N[C@@H](C)c2cccs2)CC1. The van der Waals surface area contributed by atoms with E-state index in [1.54, 1.807) is 11.3 Å². The molecular weight excluding hydrogens is 288 g/mol. The second-order valence-corrected chi connectivity index (χ2v) is 6.36. The van der Waals surface area contributed by atoms with E-state index in [0.29, 0.717) is 6.54 Å². The van der Waals surface area contributed by atoms with E-state index in [1.165, 1.54) is 7.11 Å². The molecule has 1 atom stereocenters. The van der Waals surface area contributed by atoms with E-state index >= 15 is 0 Å². The first-order chi connectivity index (χ1) is 10.1. The Morgan fingerprint density at radius 3 is 2.76 bits per heavy atom. The molecule has 1 aromatic heterocycles. The number of carbonyl (C=O) groups is 2. The number of rotatable bonds is 5. The standard InChI is InChI=1S/C15H22N2O3S/c1-11(13-4-3-9-21-13)16-14(18)10-17-7-5-12(6-8-17)15(19)20-2/h3-4,9,11-12H,5-8,10H2,1-2H3,(H,16,18)/t11-/m0/s1. The summed E-state index contributed by atoms with van der Waals surface area (Å²) in [4.78, 5) is 26.8. The second kappa shape index (κ2) is 7.56. The van der Waals surface area contributed by atoms with Crippen LogP contribution in [-0.4, -0.2) is 43.5 Å². The van der Waals surface area contributed by atoms with Gasteiger partial charge < -0.3 is 10.1 Å². The van der Waals surface area contributed by atoms with Crippen LogP contribution < -0.4 is 5.32 Å². The molecule has 1 fully saturated rings. The average Bonchev–Trinajstić information content (AvgIpc) is 3.01. The van der Waals surface area contributed by atoms with Gasteiger partial charge in [-0.1, -0.05) is 6.07 Å². The molecule has 0 saturated carbocycles. The quantitative estimate of drug-likeness (QED) is 0.843. The van der Waals surface area contributed by atoms with Crippen LogP contribution in [0.3, 0.4) is 0 Å². The third-order valence-electron chi connectivity index (χ3n) is 3.84. The second-order valence-electron chi connectivity index (χ2n) is 5.38. The van der Waals surface area contributed by atoms with Crippen molar-refractivity contribution in [3.8, 4) is 0 Å². The van der Waals surface area contributed by atoms with E-state index < -0.39 is 0 Å². The molecule has 1 amide bonds. The first-order valence-corrected chi connectivity index (χ1v) is 8.11. The Bertz CT molecular complexity index is 467. The molecule has 0 aliphatic carbocycles. The number of esters is 1. The molecule has 0 bridgehead atoms. The van der Waals surface area contributed by atoms with Crippen molar-refractivity contribution in [3.05, 3.63) is 22.4 Å². The predicted molar refractivity (Wildman–Crippen MR) is 82.1 cm³/mol. The summed E-state index contributed by atoms with van der Waals surface area (Å²) >= 11 is 1.65. The zero-order valence-corrected chi connectivity index (χ0v) is 13.3. The van der Waals surface area contributed by atoms with Crippen LogP contribution in [0.1, 0.15) is 30.7 Å². The van der Waals surface area contributed by atoms with E-state index in [2.05, 4.69) is 10.2 Å². The van der Waals surface area contributed by atoms with Gasteiger partial charge in [0.15, 0.2) is 0 Å². The molecule has 1 aromatic rings. The third kappa shape index (κ3) is 4.54. The van der Waals surface area contributed by atoms with Gasteiger partial charge in [-0.25, -0.2) is 0 Å². The summed E-state index contributed by atoms with van der Waals surface area (Å²) in [6, 6.07) is 4.06. The summed E-state index contributed by atoms with van der Waals surface area (Å²) in [5, 5.41) is 5.02. The zero-order chi connectivity index (χ0) is 15.2. The molecule has 5 nitrogen and oxygen atoms in total. The van der Waals surface area contributed by atoms with E-state index in [4.69, 9.17) is 4.74 Å². The maximum Gasteiger partial charge on any atom is 0.308 e. The van der Waals surface area contributed by atoms with E-state index in [1.807, 2.05) is 24.4 Å². The minimum atomic E-state index is -0.134. The summed E-state index contributed by atoms with van der Waals surface area (Å²) in [5.41, 5.74) is 0. The van der Waals surface area contributed by atoms with Gasteiger partial charge in [-0.3, -0.25) is 14.5 Å². The van der Waals surface area contributed by atoms with Crippen LogP contribution in [0.2, 0.25) is 0 Å². The molecule has 0 radical (unpaired) electrons. The van der Waals surface area contributed by atoms with Gasteiger partial charge in [-0.2, -0.15) is 0 Å². The van der Waals surface area contributed by atoms with Gasteiger partial charge in [-0.15, -0.1) is 11.3 Å². The van der Waals surface area contributed by atoms with E-state index in [0.717, 1.165) is 30.8 Å². The Kier molecular flexibility index (Phi) is 5.76. The van der Waals surface area contributed by atoms with Crippen molar-refractivity contribution in [2.24, 2.45) is 5.92 Å². The molecule has 1 saturated heterocycles. The summed E-state index contributed by atoms with van der Waals surface area (Å²) in [5.74, 6) is -0.114. The molecule has 1 aliphatic rings. The van der Waals surface area contributed by atoms with Crippen LogP contribution in [0, 0.1) is 5.92 Å². The van der Waals surface area contributed by atoms with Crippen molar-refractivity contribution in [1.29, 1.82) is 0 Å². The maximum atomic E-state index is 12.0. The van der Waals surface area contributed by atoms with Crippen molar-refractivity contribution in [2.75, 3.05) is 26.7 Å². The average molecular weight is 310 g/mol. The van der Waals surface area contributed by atoms with Gasteiger partial charge in [0.25, 0.3) is 0 Å². The van der Waals surface area contributed by atoms with E-state index in [9.17, 15) is 9.59 Å². The first kappa shape index (κ1) is 16.0. The molecule has 2 rings (SSSR count). The molecule has 2 heterocycles. The van der Waals surface area contributed by atoms with Crippen LogP contribution >= 0.6 is 11.3 Å². The first-order valence-electron chi connectivity index (χ1n) is 7.23. The minimum Gasteiger partial charge on any atom is -0.469 e. The fourth-order valence-electron chi connectivity index (χ4n) is 2.59. The number of methoxy groups -OCH3 is 1. The number of likely N-dealkylation sites (tertiary alicyclic amines) is 1. The lowest BCUT2D eigenvalue weighted by molar-refractivity contribution is -0.147. The van der Waals surface area contributed by atoms with Crippen molar-refractivity contribution in [3.63, 3.8) is 0 Å². The number of nitrogens with one attached hydrogen (secondary N) is 1. The van der Waals surface area contributed by atoms with Crippen LogP contribution in [0.25, 0.3) is 0 Å². The highest BCUT2D eigenvalue weighted by molar-refractivity contribution is 7.10. The Balaban J connectivity index is 1.73. The number of ether oxygens (including phenoxy) is 1. The Labute approximate surface area is 129 Å². The normalized spacial score (nSPS) is 18.2. The van der Waals surface area contributed by atoms with Gasteiger partial charge in [0, 0.05) is 4.88 Å². The predicted octanol–water partition coefficient (Wildman–Crippen LogP) is 1.81. The lowest BCUT2D eigenvalue weighted by Crippen LogP contribution is -2.43. The van der Waals surface area contributed by atoms with Crippen LogP contribution in [0.5, 0.6) is 0 Å². The highest BCUT2D eigenvalue weighted by Crippen LogP contribution is 2.19. The summed E-state index contributed by atoms with van der Waals surface area (Å²) in [6.07, 6.45) is 1.53. The van der Waals surface area contributed by atoms with E-state index in [-0.39, 0.29) is 23.8 Å². The minimum absolute atomic E-state index is 0.0145. The fraction of sp³-hybridized carbons (Fsp3) is 0.600. The lowest BCUT2D eigenvalue weighted by atomic mass is 9.97. The highest BCUT2D eigenvalue weighted by Gasteiger charge is 2.26. The Morgan fingerprint density at radius 1 is 1.48 bits per heavy atom. The molecule has 1 aliphatic heterocycles. The third-order valence-corrected chi connectivity index (χ3v) is 4.89. The van der Waals surface area contributed by atoms with Gasteiger partial charge >= 0.3 is 5.97 Å². The van der Waals surface area contributed by atoms with Gasteiger partial charge in [0.2, 0.25) is 5.91 Å². The highest BCUT2D eigenvalue weighted by atomic mass is 32.1. The Hall–Kier alpha value is -1.40. The molecule has 0 unspecified atom stereocenters. The molecule has 0 spiro atoms. The van der Waals surface area contributed by atoms with Crippen molar-refractivity contribution < 1.29 is 14.3 Å². The Morgan fingerprint density at radius 2 is 2.19 bits per heavy atom. The maximum absolute atomic E-state index is 12.0. The monoisotopic (exact) mass is 310 g/mol. The van der Waals surface area contributed by atoms with Crippen LogP contribution in [0.4, 0.5) is 0 Å². The smallest absolute Gasteiger partial charge is 0.308 e. The molecule has 21 heavy (non-hydrogen) atoms. The fourth-order valence-corrected chi connectivity index (χ4v) is 3.33. The van der Waals surface area contributed by atoms with Crippen molar-refractivity contribution >= 4 is 23.2 Å². The summed E-state index contributed by atoms with van der Waals surface area (Å²) < 4.78 is 4.76. The van der Waals surface area contributed by atoms with Crippen LogP contribution in [-0.2, 0) is 14.3 Å². The largest absolute Gasteiger partial charge is 0.469 e. The summed E-state index contributed by atoms with van der Waals surface area (Å²) in [7, 11) is 1.42. The molecule has 1 N–H and O–H groups in total. The number of hydrogen-bond acceptors (Lipinski definition) is 5.